The summed E-state index contributed by atoms with van der Waals surface area (Å²) in [6.07, 6.45) is -0.00699. The van der Waals surface area contributed by atoms with Gasteiger partial charge < -0.3 is 19.5 Å². The molecule has 20 heavy (non-hydrogen) atoms. The van der Waals surface area contributed by atoms with Crippen LogP contribution in [0.5, 0.6) is 11.5 Å². The number of hydrogen-bond acceptors (Lipinski definition) is 4. The molecule has 1 unspecified atom stereocenters. The Hall–Kier alpha value is -1.26. The minimum Gasteiger partial charge on any atom is -0.493 e. The number of nitrogens with one attached hydrogen (secondary N) is 1. The normalized spacial score (nSPS) is 13.1. The second-order valence-electron chi connectivity index (χ2n) is 5.97. The molecule has 0 aliphatic heterocycles. The van der Waals surface area contributed by atoms with Crippen LogP contribution in [0.1, 0.15) is 33.3 Å². The molecule has 0 saturated heterocycles. The third kappa shape index (κ3) is 5.80. The second kappa shape index (κ2) is 7.50. The molecule has 1 rings (SSSR count). The number of ether oxygens (including phenoxy) is 3. The Morgan fingerprint density at radius 1 is 1.15 bits per heavy atom. The Balaban J connectivity index is 2.74. The number of rotatable bonds is 7. The van der Waals surface area contributed by atoms with Crippen LogP contribution in [-0.4, -0.2) is 32.5 Å². The van der Waals surface area contributed by atoms with Gasteiger partial charge in [-0.05, 0) is 45.4 Å². The van der Waals surface area contributed by atoms with Gasteiger partial charge in [-0.3, -0.25) is 0 Å². The van der Waals surface area contributed by atoms with Crippen molar-refractivity contribution in [3.63, 3.8) is 0 Å². The lowest BCUT2D eigenvalue weighted by Gasteiger charge is -2.21. The average molecular weight is 281 g/mol. The molecule has 1 atom stereocenters. The van der Waals surface area contributed by atoms with E-state index in [1.165, 1.54) is 5.56 Å². The maximum Gasteiger partial charge on any atom is 0.161 e. The molecule has 0 amide bonds. The Kier molecular flexibility index (Phi) is 6.30. The maximum absolute atomic E-state index is 5.81. The minimum absolute atomic E-state index is 0.00699. The molecule has 0 aromatic heterocycles. The van der Waals surface area contributed by atoms with E-state index in [-0.39, 0.29) is 11.6 Å². The minimum atomic E-state index is -0.00699. The van der Waals surface area contributed by atoms with Crippen molar-refractivity contribution < 1.29 is 14.2 Å². The zero-order valence-electron chi connectivity index (χ0n) is 13.4. The summed E-state index contributed by atoms with van der Waals surface area (Å²) in [5.41, 5.74) is 1.26. The van der Waals surface area contributed by atoms with Crippen LogP contribution in [0.25, 0.3) is 0 Å². The Bertz CT molecular complexity index is 413. The standard InChI is InChI=1S/C16H27NO3/c1-12(11-18-5)20-14-8-7-13(9-15(14)19-6)10-17-16(2,3)4/h7-9,12,17H,10-11H2,1-6H3. The van der Waals surface area contributed by atoms with Gasteiger partial charge in [0.25, 0.3) is 0 Å². The molecule has 0 aliphatic rings. The first-order valence-electron chi connectivity index (χ1n) is 6.93. The van der Waals surface area contributed by atoms with Gasteiger partial charge in [-0.25, -0.2) is 0 Å². The smallest absolute Gasteiger partial charge is 0.161 e. The van der Waals surface area contributed by atoms with E-state index in [2.05, 4.69) is 32.2 Å². The van der Waals surface area contributed by atoms with Gasteiger partial charge in [-0.2, -0.15) is 0 Å². The second-order valence-corrected chi connectivity index (χ2v) is 5.97. The van der Waals surface area contributed by atoms with Crippen molar-refractivity contribution in [3.8, 4) is 11.5 Å². The van der Waals surface area contributed by atoms with Crippen LogP contribution in [0.4, 0.5) is 0 Å². The van der Waals surface area contributed by atoms with E-state index in [4.69, 9.17) is 14.2 Å². The van der Waals surface area contributed by atoms with E-state index < -0.39 is 0 Å². The number of methoxy groups -OCH3 is 2. The molecular formula is C16H27NO3. The van der Waals surface area contributed by atoms with Gasteiger partial charge >= 0.3 is 0 Å². The van der Waals surface area contributed by atoms with E-state index in [1.54, 1.807) is 14.2 Å². The predicted octanol–water partition coefficient (Wildman–Crippen LogP) is 3.00. The van der Waals surface area contributed by atoms with Crippen LogP contribution < -0.4 is 14.8 Å². The highest BCUT2D eigenvalue weighted by atomic mass is 16.5. The molecule has 0 aliphatic carbocycles. The summed E-state index contributed by atoms with van der Waals surface area (Å²) in [6, 6.07) is 6.01. The van der Waals surface area contributed by atoms with E-state index >= 15 is 0 Å². The van der Waals surface area contributed by atoms with Gasteiger partial charge in [-0.1, -0.05) is 6.07 Å². The van der Waals surface area contributed by atoms with Crippen LogP contribution in [0.2, 0.25) is 0 Å². The first-order chi connectivity index (χ1) is 9.35. The molecule has 0 fully saturated rings. The lowest BCUT2D eigenvalue weighted by atomic mass is 10.1. The highest BCUT2D eigenvalue weighted by molar-refractivity contribution is 5.43. The van der Waals surface area contributed by atoms with Crippen molar-refractivity contribution in [2.45, 2.75) is 45.9 Å². The molecule has 114 valence electrons. The predicted molar refractivity (Wildman–Crippen MR) is 81.6 cm³/mol. The van der Waals surface area contributed by atoms with Crippen molar-refractivity contribution in [1.82, 2.24) is 5.32 Å². The lowest BCUT2D eigenvalue weighted by Crippen LogP contribution is -2.35. The van der Waals surface area contributed by atoms with Gasteiger partial charge in [0.15, 0.2) is 11.5 Å². The van der Waals surface area contributed by atoms with Crippen molar-refractivity contribution >= 4 is 0 Å². The summed E-state index contributed by atoms with van der Waals surface area (Å²) in [5, 5.41) is 3.45. The average Bonchev–Trinajstić information content (AvgIpc) is 2.37. The van der Waals surface area contributed by atoms with Crippen molar-refractivity contribution in [2.24, 2.45) is 0 Å². The zero-order chi connectivity index (χ0) is 15.2. The first kappa shape index (κ1) is 16.8. The van der Waals surface area contributed by atoms with Crippen LogP contribution in [-0.2, 0) is 11.3 Å². The topological polar surface area (TPSA) is 39.7 Å². The van der Waals surface area contributed by atoms with Gasteiger partial charge in [0, 0.05) is 19.2 Å². The Morgan fingerprint density at radius 3 is 2.40 bits per heavy atom. The molecule has 1 aromatic carbocycles. The molecule has 0 radical (unpaired) electrons. The summed E-state index contributed by atoms with van der Waals surface area (Å²) in [5.74, 6) is 1.50. The molecule has 4 heteroatoms. The quantitative estimate of drug-likeness (QED) is 0.834. The van der Waals surface area contributed by atoms with E-state index in [0.29, 0.717) is 6.61 Å². The van der Waals surface area contributed by atoms with Gasteiger partial charge in [0.2, 0.25) is 0 Å². The summed E-state index contributed by atoms with van der Waals surface area (Å²) in [4.78, 5) is 0. The highest BCUT2D eigenvalue weighted by Crippen LogP contribution is 2.29. The van der Waals surface area contributed by atoms with Gasteiger partial charge in [-0.15, -0.1) is 0 Å². The van der Waals surface area contributed by atoms with Crippen molar-refractivity contribution in [2.75, 3.05) is 20.8 Å². The SMILES string of the molecule is COCC(C)Oc1ccc(CNC(C)(C)C)cc1OC. The van der Waals surface area contributed by atoms with E-state index in [1.807, 2.05) is 19.1 Å². The molecule has 0 spiro atoms. The van der Waals surface area contributed by atoms with Crippen molar-refractivity contribution in [3.05, 3.63) is 23.8 Å². The van der Waals surface area contributed by atoms with E-state index in [9.17, 15) is 0 Å². The molecule has 0 heterocycles. The van der Waals surface area contributed by atoms with Crippen LogP contribution in [0.15, 0.2) is 18.2 Å². The van der Waals surface area contributed by atoms with Crippen LogP contribution in [0.3, 0.4) is 0 Å². The lowest BCUT2D eigenvalue weighted by molar-refractivity contribution is 0.0899. The molecule has 4 nitrogen and oxygen atoms in total. The Morgan fingerprint density at radius 2 is 1.85 bits per heavy atom. The fourth-order valence-electron chi connectivity index (χ4n) is 1.77. The fraction of sp³-hybridized carbons (Fsp3) is 0.625. The highest BCUT2D eigenvalue weighted by Gasteiger charge is 2.12. The summed E-state index contributed by atoms with van der Waals surface area (Å²) in [7, 11) is 3.32. The molecule has 0 bridgehead atoms. The molecule has 0 saturated carbocycles. The summed E-state index contributed by atoms with van der Waals surface area (Å²) >= 11 is 0. The largest absolute Gasteiger partial charge is 0.493 e. The number of hydrogen-bond donors (Lipinski definition) is 1. The molecule has 1 aromatic rings. The van der Waals surface area contributed by atoms with Crippen molar-refractivity contribution in [1.29, 1.82) is 0 Å². The third-order valence-electron chi connectivity index (χ3n) is 2.78. The first-order valence-corrected chi connectivity index (χ1v) is 6.93. The third-order valence-corrected chi connectivity index (χ3v) is 2.78. The monoisotopic (exact) mass is 281 g/mol. The number of benzene rings is 1. The molecular weight excluding hydrogens is 254 g/mol. The van der Waals surface area contributed by atoms with Gasteiger partial charge in [0.05, 0.1) is 13.7 Å². The van der Waals surface area contributed by atoms with Crippen LogP contribution in [0, 0.1) is 0 Å². The van der Waals surface area contributed by atoms with Crippen LogP contribution >= 0.6 is 0 Å². The Labute approximate surface area is 122 Å². The maximum atomic E-state index is 5.81. The fourth-order valence-corrected chi connectivity index (χ4v) is 1.77. The van der Waals surface area contributed by atoms with Gasteiger partial charge in [0.1, 0.15) is 6.10 Å². The zero-order valence-corrected chi connectivity index (χ0v) is 13.4. The molecule has 1 N–H and O–H groups in total. The summed E-state index contributed by atoms with van der Waals surface area (Å²) in [6.45, 7) is 9.76. The van der Waals surface area contributed by atoms with E-state index in [0.717, 1.165) is 18.0 Å². The summed E-state index contributed by atoms with van der Waals surface area (Å²) < 4.78 is 16.3.